The highest BCUT2D eigenvalue weighted by molar-refractivity contribution is 14.1. The smallest absolute Gasteiger partial charge is 0.413 e. The number of carboxylic acid groups (broad SMARTS) is 1. The van der Waals surface area contributed by atoms with Crippen molar-refractivity contribution in [3.63, 3.8) is 0 Å². The predicted molar refractivity (Wildman–Crippen MR) is 93.6 cm³/mol. The number of aromatic nitrogens is 2. The third-order valence-electron chi connectivity index (χ3n) is 2.71. The highest BCUT2D eigenvalue weighted by Gasteiger charge is 2.20. The molecule has 0 atom stereocenters. The highest BCUT2D eigenvalue weighted by Crippen LogP contribution is 2.12. The maximum absolute atomic E-state index is 11.8. The van der Waals surface area contributed by atoms with Gasteiger partial charge in [0.25, 0.3) is 0 Å². The summed E-state index contributed by atoms with van der Waals surface area (Å²) in [6.07, 6.45) is -1.09. The van der Waals surface area contributed by atoms with Crippen LogP contribution in [-0.2, 0) is 4.74 Å². The second-order valence-electron chi connectivity index (χ2n) is 5.90. The molecule has 128 valence electrons. The number of rotatable bonds is 5. The van der Waals surface area contributed by atoms with Gasteiger partial charge in [-0.05, 0) is 61.9 Å². The van der Waals surface area contributed by atoms with Crippen LogP contribution >= 0.6 is 22.6 Å². The highest BCUT2D eigenvalue weighted by atomic mass is 127. The lowest BCUT2D eigenvalue weighted by molar-refractivity contribution is 0.0298. The van der Waals surface area contributed by atoms with E-state index in [4.69, 9.17) is 4.74 Å². The molecule has 2 amide bonds. The predicted octanol–water partition coefficient (Wildman–Crippen LogP) is 2.82. The molecule has 0 aliphatic heterocycles. The molecule has 1 aromatic rings. The van der Waals surface area contributed by atoms with Crippen LogP contribution in [-0.4, -0.2) is 58.1 Å². The summed E-state index contributed by atoms with van der Waals surface area (Å²) in [6.45, 7) is 5.95. The van der Waals surface area contributed by atoms with Gasteiger partial charge in [0.15, 0.2) is 5.82 Å². The second kappa shape index (κ2) is 8.27. The lowest BCUT2D eigenvalue weighted by Gasteiger charge is -2.25. The SMILES string of the molecule is CN(CCCN(C(=O)O)c1ccc(I)nn1)C(=O)OC(C)(C)C. The van der Waals surface area contributed by atoms with Crippen molar-refractivity contribution in [1.29, 1.82) is 0 Å². The number of halogens is 1. The Morgan fingerprint density at radius 2 is 1.91 bits per heavy atom. The van der Waals surface area contributed by atoms with Crippen molar-refractivity contribution in [3.05, 3.63) is 15.8 Å². The molecular weight excluding hydrogens is 415 g/mol. The first-order valence-corrected chi connectivity index (χ1v) is 8.12. The lowest BCUT2D eigenvalue weighted by atomic mass is 10.2. The van der Waals surface area contributed by atoms with E-state index >= 15 is 0 Å². The summed E-state index contributed by atoms with van der Waals surface area (Å²) in [5.74, 6) is 0.262. The monoisotopic (exact) mass is 436 g/mol. The van der Waals surface area contributed by atoms with Gasteiger partial charge in [0.1, 0.15) is 9.30 Å². The van der Waals surface area contributed by atoms with Gasteiger partial charge >= 0.3 is 12.2 Å². The molecule has 1 rings (SSSR count). The minimum absolute atomic E-state index is 0.206. The average molecular weight is 436 g/mol. The molecule has 0 unspecified atom stereocenters. The van der Waals surface area contributed by atoms with E-state index in [1.165, 1.54) is 4.90 Å². The largest absolute Gasteiger partial charge is 0.465 e. The van der Waals surface area contributed by atoms with Crippen LogP contribution < -0.4 is 4.90 Å². The van der Waals surface area contributed by atoms with Crippen LogP contribution in [0.2, 0.25) is 0 Å². The zero-order valence-corrected chi connectivity index (χ0v) is 15.8. The van der Waals surface area contributed by atoms with Crippen LogP contribution in [0.4, 0.5) is 15.4 Å². The van der Waals surface area contributed by atoms with Crippen molar-refractivity contribution in [2.45, 2.75) is 32.8 Å². The number of nitrogens with zero attached hydrogens (tertiary/aromatic N) is 4. The van der Waals surface area contributed by atoms with Crippen molar-refractivity contribution < 1.29 is 19.4 Å². The number of amides is 2. The quantitative estimate of drug-likeness (QED) is 0.714. The Morgan fingerprint density at radius 3 is 2.39 bits per heavy atom. The van der Waals surface area contributed by atoms with Crippen LogP contribution in [0.25, 0.3) is 0 Å². The fourth-order valence-corrected chi connectivity index (χ4v) is 1.95. The van der Waals surface area contributed by atoms with Gasteiger partial charge in [-0.15, -0.1) is 10.2 Å². The maximum atomic E-state index is 11.8. The third kappa shape index (κ3) is 6.97. The molecule has 0 saturated heterocycles. The van der Waals surface area contributed by atoms with Crippen molar-refractivity contribution in [1.82, 2.24) is 15.1 Å². The Morgan fingerprint density at radius 1 is 1.26 bits per heavy atom. The van der Waals surface area contributed by atoms with Crippen LogP contribution in [0.5, 0.6) is 0 Å². The number of hydrogen-bond acceptors (Lipinski definition) is 5. The molecule has 0 aromatic carbocycles. The molecule has 1 heterocycles. The first kappa shape index (κ1) is 19.4. The van der Waals surface area contributed by atoms with Crippen LogP contribution in [0, 0.1) is 3.70 Å². The molecule has 0 fully saturated rings. The number of carbonyl (C=O) groups is 2. The van der Waals surface area contributed by atoms with Gasteiger partial charge in [-0.25, -0.2) is 9.59 Å². The zero-order valence-electron chi connectivity index (χ0n) is 13.6. The van der Waals surface area contributed by atoms with Crippen molar-refractivity contribution >= 4 is 40.6 Å². The van der Waals surface area contributed by atoms with E-state index in [1.807, 2.05) is 22.6 Å². The number of hydrogen-bond donors (Lipinski definition) is 1. The molecular formula is C14H21IN4O4. The van der Waals surface area contributed by atoms with Crippen molar-refractivity contribution in [2.24, 2.45) is 0 Å². The molecule has 0 saturated carbocycles. The molecule has 0 radical (unpaired) electrons. The Balaban J connectivity index is 2.55. The molecule has 0 bridgehead atoms. The van der Waals surface area contributed by atoms with E-state index in [-0.39, 0.29) is 12.4 Å². The summed E-state index contributed by atoms with van der Waals surface area (Å²) in [7, 11) is 1.61. The Bertz CT molecular complexity index is 545. The standard InChI is InChI=1S/C14H21IN4O4/c1-14(2,3)23-13(22)18(4)8-5-9-19(12(20)21)11-7-6-10(15)16-17-11/h6-7H,5,8-9H2,1-4H3,(H,20,21). The minimum Gasteiger partial charge on any atom is -0.465 e. The third-order valence-corrected chi connectivity index (χ3v) is 3.28. The van der Waals surface area contributed by atoms with Gasteiger partial charge in [0, 0.05) is 20.1 Å². The summed E-state index contributed by atoms with van der Waals surface area (Å²) in [6, 6.07) is 3.28. The van der Waals surface area contributed by atoms with Crippen molar-refractivity contribution in [3.8, 4) is 0 Å². The van der Waals surface area contributed by atoms with Gasteiger partial charge in [0.2, 0.25) is 0 Å². The Kier molecular flexibility index (Phi) is 6.98. The number of anilines is 1. The molecule has 0 spiro atoms. The Hall–Kier alpha value is -1.65. The molecule has 0 aliphatic rings. The fourth-order valence-electron chi connectivity index (χ4n) is 1.66. The first-order valence-electron chi connectivity index (χ1n) is 7.04. The van der Waals surface area contributed by atoms with E-state index in [2.05, 4.69) is 10.2 Å². The molecule has 8 nitrogen and oxygen atoms in total. The average Bonchev–Trinajstić information content (AvgIpc) is 2.42. The van der Waals surface area contributed by atoms with E-state index in [1.54, 1.807) is 40.0 Å². The van der Waals surface area contributed by atoms with Gasteiger partial charge < -0.3 is 14.7 Å². The second-order valence-corrected chi connectivity index (χ2v) is 7.01. The fraction of sp³-hybridized carbons (Fsp3) is 0.571. The first-order chi connectivity index (χ1) is 10.6. The Labute approximate surface area is 149 Å². The van der Waals surface area contributed by atoms with Gasteiger partial charge in [-0.1, -0.05) is 0 Å². The van der Waals surface area contributed by atoms with Gasteiger partial charge in [-0.3, -0.25) is 4.90 Å². The van der Waals surface area contributed by atoms with Gasteiger partial charge in [0.05, 0.1) is 0 Å². The molecule has 1 aromatic heterocycles. The van der Waals surface area contributed by atoms with E-state index in [0.29, 0.717) is 16.7 Å². The van der Waals surface area contributed by atoms with E-state index < -0.39 is 17.8 Å². The molecule has 0 aliphatic carbocycles. The van der Waals surface area contributed by atoms with Crippen LogP contribution in [0.1, 0.15) is 27.2 Å². The number of ether oxygens (including phenoxy) is 1. The van der Waals surface area contributed by atoms with Crippen LogP contribution in [0.3, 0.4) is 0 Å². The van der Waals surface area contributed by atoms with E-state index in [0.717, 1.165) is 4.90 Å². The molecule has 1 N–H and O–H groups in total. The van der Waals surface area contributed by atoms with Crippen molar-refractivity contribution in [2.75, 3.05) is 25.0 Å². The topological polar surface area (TPSA) is 95.9 Å². The van der Waals surface area contributed by atoms with Crippen LogP contribution in [0.15, 0.2) is 12.1 Å². The molecule has 9 heteroatoms. The lowest BCUT2D eigenvalue weighted by Crippen LogP contribution is -2.37. The minimum atomic E-state index is -1.11. The normalized spacial score (nSPS) is 11.0. The summed E-state index contributed by atoms with van der Waals surface area (Å²) in [5, 5.41) is 17.0. The zero-order chi connectivity index (χ0) is 17.6. The summed E-state index contributed by atoms with van der Waals surface area (Å²) in [5.41, 5.74) is -0.560. The maximum Gasteiger partial charge on any atom is 0.413 e. The molecule has 23 heavy (non-hydrogen) atoms. The number of carbonyl (C=O) groups excluding carboxylic acids is 1. The summed E-state index contributed by atoms with van der Waals surface area (Å²) in [4.78, 5) is 25.7. The van der Waals surface area contributed by atoms with Gasteiger partial charge in [-0.2, -0.15) is 0 Å². The summed E-state index contributed by atoms with van der Waals surface area (Å²) >= 11 is 1.99. The summed E-state index contributed by atoms with van der Waals surface area (Å²) < 4.78 is 5.92. The van der Waals surface area contributed by atoms with E-state index in [9.17, 15) is 14.7 Å².